The molecule has 0 heterocycles. The minimum Gasteiger partial charge on any atom is -0.504 e. The van der Waals surface area contributed by atoms with Gasteiger partial charge in [0.05, 0.1) is 45.5 Å². The minimum absolute atomic E-state index is 0.0353. The molecule has 0 fully saturated rings. The summed E-state index contributed by atoms with van der Waals surface area (Å²) < 4.78 is 55.4. The lowest BCUT2D eigenvalue weighted by molar-refractivity contribution is 0.324. The van der Waals surface area contributed by atoms with Crippen molar-refractivity contribution in [2.45, 2.75) is 4.90 Å². The van der Waals surface area contributed by atoms with Gasteiger partial charge in [-0.15, -0.1) is 0 Å². The van der Waals surface area contributed by atoms with Crippen LogP contribution in [0.3, 0.4) is 0 Å². The van der Waals surface area contributed by atoms with Crippen molar-refractivity contribution in [3.63, 3.8) is 0 Å². The van der Waals surface area contributed by atoms with E-state index < -0.39 is 10.0 Å². The number of hydrogen-bond donors (Lipinski definition) is 2. The van der Waals surface area contributed by atoms with E-state index in [4.69, 9.17) is 35.3 Å². The molecule has 2 N–H and O–H groups in total. The maximum atomic E-state index is 13.2. The summed E-state index contributed by atoms with van der Waals surface area (Å²) in [5, 5.41) is 10.4. The van der Waals surface area contributed by atoms with Gasteiger partial charge in [-0.3, -0.25) is 4.72 Å². The molecule has 0 bridgehead atoms. The van der Waals surface area contributed by atoms with Crippen molar-refractivity contribution in [3.8, 4) is 34.5 Å². The average Bonchev–Trinajstić information content (AvgIpc) is 2.87. The van der Waals surface area contributed by atoms with Crippen LogP contribution in [-0.4, -0.2) is 49.1 Å². The van der Waals surface area contributed by atoms with Crippen molar-refractivity contribution in [1.29, 1.82) is 0 Å². The molecule has 0 atom stereocenters. The standard InChI is InChI=1S/C25H26ClNO8S/c1-31-20-11-9-17(14-18(20)26)36(29,30)27-23-16(8-10-19(28)24(23)34-4)7-6-15-12-21(32-2)25(35-5)22(13-15)33-3/h6-14,27-28H,1-5H3. The first kappa shape index (κ1) is 26.8. The van der Waals surface area contributed by atoms with Crippen LogP contribution in [0.5, 0.6) is 34.5 Å². The van der Waals surface area contributed by atoms with Crippen LogP contribution in [0.25, 0.3) is 12.2 Å². The number of phenols is 1. The van der Waals surface area contributed by atoms with Gasteiger partial charge < -0.3 is 28.8 Å². The molecule has 0 saturated carbocycles. The number of aromatic hydroxyl groups is 1. The van der Waals surface area contributed by atoms with Crippen molar-refractivity contribution in [2.75, 3.05) is 40.3 Å². The van der Waals surface area contributed by atoms with Crippen molar-refractivity contribution >= 4 is 39.5 Å². The number of nitrogens with one attached hydrogen (secondary N) is 1. The molecule has 0 saturated heterocycles. The summed E-state index contributed by atoms with van der Waals surface area (Å²) in [6, 6.07) is 10.5. The fourth-order valence-corrected chi connectivity index (χ4v) is 4.87. The van der Waals surface area contributed by atoms with Gasteiger partial charge in [-0.25, -0.2) is 8.42 Å². The Labute approximate surface area is 214 Å². The molecule has 0 unspecified atom stereocenters. The summed E-state index contributed by atoms with van der Waals surface area (Å²) >= 11 is 6.12. The Morgan fingerprint density at radius 2 is 1.39 bits per heavy atom. The average molecular weight is 536 g/mol. The second kappa shape index (κ2) is 11.3. The lowest BCUT2D eigenvalue weighted by Gasteiger charge is -2.16. The van der Waals surface area contributed by atoms with Crippen molar-refractivity contribution < 1.29 is 37.2 Å². The molecule has 192 valence electrons. The Morgan fingerprint density at radius 1 is 0.778 bits per heavy atom. The lowest BCUT2D eigenvalue weighted by Crippen LogP contribution is -2.14. The Balaban J connectivity index is 2.07. The van der Waals surface area contributed by atoms with Crippen LogP contribution in [0.2, 0.25) is 5.02 Å². The van der Waals surface area contributed by atoms with Crippen LogP contribution in [0.15, 0.2) is 47.4 Å². The van der Waals surface area contributed by atoms with Gasteiger partial charge in [0, 0.05) is 5.56 Å². The Bertz CT molecular complexity index is 1360. The molecule has 9 nitrogen and oxygen atoms in total. The van der Waals surface area contributed by atoms with Gasteiger partial charge in [0.1, 0.15) is 11.4 Å². The van der Waals surface area contributed by atoms with Gasteiger partial charge in [0.25, 0.3) is 10.0 Å². The zero-order valence-electron chi connectivity index (χ0n) is 20.3. The Hall–Kier alpha value is -3.76. The van der Waals surface area contributed by atoms with Gasteiger partial charge in [-0.1, -0.05) is 23.8 Å². The Morgan fingerprint density at radius 3 is 1.92 bits per heavy atom. The SMILES string of the molecule is COc1ccc(S(=O)(=O)Nc2c(C=Cc3cc(OC)c(OC)c(OC)c3)ccc(O)c2OC)cc1Cl. The summed E-state index contributed by atoms with van der Waals surface area (Å²) in [5.41, 5.74) is 1.14. The molecule has 3 rings (SSSR count). The quantitative estimate of drug-likeness (QED) is 0.346. The van der Waals surface area contributed by atoms with E-state index >= 15 is 0 Å². The zero-order chi connectivity index (χ0) is 26.5. The van der Waals surface area contributed by atoms with E-state index in [1.807, 2.05) is 0 Å². The molecule has 3 aromatic carbocycles. The molecule has 3 aromatic rings. The van der Waals surface area contributed by atoms with Gasteiger partial charge in [-0.05, 0) is 48.0 Å². The number of ether oxygens (including phenoxy) is 5. The van der Waals surface area contributed by atoms with Gasteiger partial charge in [0.2, 0.25) is 5.75 Å². The van der Waals surface area contributed by atoms with E-state index in [-0.39, 0.29) is 27.1 Å². The summed E-state index contributed by atoms with van der Waals surface area (Å²) in [6.45, 7) is 0. The summed E-state index contributed by atoms with van der Waals surface area (Å²) in [7, 11) is 3.16. The predicted octanol–water partition coefficient (Wildman–Crippen LogP) is 5.06. The number of sulfonamides is 1. The summed E-state index contributed by atoms with van der Waals surface area (Å²) in [5.74, 6) is 1.39. The van der Waals surface area contributed by atoms with Crippen LogP contribution >= 0.6 is 11.6 Å². The molecular weight excluding hydrogens is 510 g/mol. The third kappa shape index (κ3) is 5.55. The Kier molecular flexibility index (Phi) is 8.44. The van der Waals surface area contributed by atoms with E-state index in [2.05, 4.69) is 4.72 Å². The number of rotatable bonds is 10. The highest BCUT2D eigenvalue weighted by Crippen LogP contribution is 2.41. The largest absolute Gasteiger partial charge is 0.504 e. The number of halogens is 1. The highest BCUT2D eigenvalue weighted by molar-refractivity contribution is 7.92. The topological polar surface area (TPSA) is 113 Å². The first-order valence-corrected chi connectivity index (χ1v) is 12.3. The third-order valence-electron chi connectivity index (χ3n) is 5.19. The van der Waals surface area contributed by atoms with E-state index in [0.29, 0.717) is 34.1 Å². The van der Waals surface area contributed by atoms with Crippen molar-refractivity contribution in [3.05, 3.63) is 58.6 Å². The first-order valence-electron chi connectivity index (χ1n) is 10.4. The maximum absolute atomic E-state index is 13.2. The fraction of sp³-hybridized carbons (Fsp3) is 0.200. The predicted molar refractivity (Wildman–Crippen MR) is 138 cm³/mol. The molecule has 0 aliphatic carbocycles. The van der Waals surface area contributed by atoms with Crippen LogP contribution in [-0.2, 0) is 10.0 Å². The number of benzene rings is 3. The monoisotopic (exact) mass is 535 g/mol. The van der Waals surface area contributed by atoms with Crippen LogP contribution in [0.1, 0.15) is 11.1 Å². The van der Waals surface area contributed by atoms with Gasteiger partial charge >= 0.3 is 0 Å². The number of methoxy groups -OCH3 is 5. The number of anilines is 1. The molecule has 0 amide bonds. The number of hydrogen-bond acceptors (Lipinski definition) is 8. The third-order valence-corrected chi connectivity index (χ3v) is 6.83. The van der Waals surface area contributed by atoms with Crippen molar-refractivity contribution in [1.82, 2.24) is 0 Å². The minimum atomic E-state index is -4.12. The van der Waals surface area contributed by atoms with Crippen LogP contribution in [0, 0.1) is 0 Å². The van der Waals surface area contributed by atoms with E-state index in [1.165, 1.54) is 59.8 Å². The first-order chi connectivity index (χ1) is 17.2. The van der Waals surface area contributed by atoms with E-state index in [9.17, 15) is 13.5 Å². The van der Waals surface area contributed by atoms with Crippen LogP contribution < -0.4 is 28.4 Å². The molecule has 36 heavy (non-hydrogen) atoms. The van der Waals surface area contributed by atoms with E-state index in [1.54, 1.807) is 30.4 Å². The molecular formula is C25H26ClNO8S. The molecule has 0 radical (unpaired) electrons. The van der Waals surface area contributed by atoms with Crippen LogP contribution in [0.4, 0.5) is 5.69 Å². The summed E-state index contributed by atoms with van der Waals surface area (Å²) in [6.07, 6.45) is 3.37. The molecule has 0 spiro atoms. The van der Waals surface area contributed by atoms with Gasteiger partial charge in [-0.2, -0.15) is 0 Å². The highest BCUT2D eigenvalue weighted by Gasteiger charge is 2.22. The van der Waals surface area contributed by atoms with Crippen molar-refractivity contribution in [2.24, 2.45) is 0 Å². The highest BCUT2D eigenvalue weighted by atomic mass is 35.5. The lowest BCUT2D eigenvalue weighted by atomic mass is 10.1. The molecule has 11 heteroatoms. The maximum Gasteiger partial charge on any atom is 0.262 e. The fourth-order valence-electron chi connectivity index (χ4n) is 3.43. The second-order valence-corrected chi connectivity index (χ2v) is 9.37. The number of phenolic OH excluding ortho intramolecular Hbond substituents is 1. The van der Waals surface area contributed by atoms with E-state index in [0.717, 1.165) is 0 Å². The molecule has 0 aromatic heterocycles. The normalized spacial score (nSPS) is 11.3. The molecule has 0 aliphatic rings. The smallest absolute Gasteiger partial charge is 0.262 e. The second-order valence-electron chi connectivity index (χ2n) is 7.28. The molecule has 0 aliphatic heterocycles. The zero-order valence-corrected chi connectivity index (χ0v) is 21.9. The summed E-state index contributed by atoms with van der Waals surface area (Å²) in [4.78, 5) is -0.0988. The van der Waals surface area contributed by atoms with Gasteiger partial charge in [0.15, 0.2) is 23.0 Å².